The molecule has 0 amide bonds. The van der Waals surface area contributed by atoms with E-state index in [0.717, 1.165) is 12.1 Å². The maximum Gasteiger partial charge on any atom is 0.460 e. The van der Waals surface area contributed by atoms with Gasteiger partial charge in [0.25, 0.3) is 0 Å². The average Bonchev–Trinajstić information content (AvgIpc) is 2.45. The fraction of sp³-hybridized carbons (Fsp3) is 0.571. The molecule has 0 saturated carbocycles. The first-order chi connectivity index (χ1) is 10.7. The van der Waals surface area contributed by atoms with Gasteiger partial charge in [-0.3, -0.25) is 0 Å². The molecule has 10 heteroatoms. The topological polar surface area (TPSA) is 19.9 Å². The summed E-state index contributed by atoms with van der Waals surface area (Å²) in [5, 5.41) is 11.8. The van der Waals surface area contributed by atoms with Crippen LogP contribution in [0.15, 0.2) is 24.3 Å². The molecule has 0 aliphatic carbocycles. The first-order valence-corrected chi connectivity index (χ1v) is 6.67. The maximum absolute atomic E-state index is 14.0. The number of hydrogen-bond donors (Lipinski definition) is 0. The molecule has 1 atom stereocenters. The summed E-state index contributed by atoms with van der Waals surface area (Å²) in [6.45, 7) is 1.48. The Hall–Kier alpha value is -1.45. The van der Waals surface area contributed by atoms with E-state index in [1.54, 1.807) is 0 Å². The number of hydrogen-bond acceptors (Lipinski definition) is 0. The monoisotopic (exact) mass is 367 g/mol. The van der Waals surface area contributed by atoms with Crippen molar-refractivity contribution < 1.29 is 44.6 Å². The predicted octanol–water partition coefficient (Wildman–Crippen LogP) is 5.88. The Balaban J connectivity index is 3.50. The van der Waals surface area contributed by atoms with Gasteiger partial charge >= 0.3 is 23.9 Å². The number of benzene rings is 1. The van der Waals surface area contributed by atoms with Crippen molar-refractivity contribution in [2.24, 2.45) is 0 Å². The molecular weight excluding hydrogens is 355 g/mol. The Morgan fingerprint density at radius 1 is 0.875 bits per heavy atom. The summed E-state index contributed by atoms with van der Waals surface area (Å²) in [6, 6.07) is 2.72. The summed E-state index contributed by atoms with van der Waals surface area (Å²) < 4.78 is 117. The van der Waals surface area contributed by atoms with Crippen LogP contribution < -0.4 is 0 Å². The lowest BCUT2D eigenvalue weighted by Gasteiger charge is -2.34. The highest BCUT2D eigenvalue weighted by molar-refractivity contribution is 5.35. The molecule has 1 radical (unpaired) electrons. The van der Waals surface area contributed by atoms with Gasteiger partial charge in [0.2, 0.25) is 0 Å². The molecule has 137 valence electrons. The van der Waals surface area contributed by atoms with Gasteiger partial charge in [-0.1, -0.05) is 37.6 Å². The van der Waals surface area contributed by atoms with Gasteiger partial charge in [0.05, 0.1) is 0 Å². The molecule has 0 fully saturated rings. The summed E-state index contributed by atoms with van der Waals surface area (Å²) in [4.78, 5) is 0. The van der Waals surface area contributed by atoms with Crippen LogP contribution >= 0.6 is 0 Å². The zero-order valence-electron chi connectivity index (χ0n) is 12.1. The molecule has 1 nitrogen and oxygen atoms in total. The van der Waals surface area contributed by atoms with E-state index in [2.05, 4.69) is 0 Å². The van der Waals surface area contributed by atoms with Crippen LogP contribution in [0.4, 0.5) is 39.5 Å². The van der Waals surface area contributed by atoms with Gasteiger partial charge in [-0.05, 0) is 12.0 Å². The van der Waals surface area contributed by atoms with Crippen LogP contribution in [-0.2, 0) is 11.0 Å². The molecule has 0 bridgehead atoms. The number of rotatable bonds is 6. The van der Waals surface area contributed by atoms with Gasteiger partial charge < -0.3 is 0 Å². The SMILES string of the molecule is CCCC([O])c1ccccc1C(F)(F)C(F)(F)C(F)(F)C(F)(F)F. The lowest BCUT2D eigenvalue weighted by atomic mass is 9.90. The molecule has 1 rings (SSSR count). The minimum Gasteiger partial charge on any atom is -0.228 e. The standard InChI is InChI=1S/C14H12F9O/c1-2-5-10(24)8-6-3-4-7-9(8)11(15,16)12(17,18)13(19,20)14(21,22)23/h3-4,6-7,10H,2,5H2,1H3. The molecule has 0 aliphatic rings. The highest BCUT2D eigenvalue weighted by Crippen LogP contribution is 2.57. The zero-order valence-corrected chi connectivity index (χ0v) is 12.1. The summed E-state index contributed by atoms with van der Waals surface area (Å²) >= 11 is 0. The molecule has 24 heavy (non-hydrogen) atoms. The van der Waals surface area contributed by atoms with Gasteiger partial charge in [0.1, 0.15) is 6.10 Å². The summed E-state index contributed by atoms with van der Waals surface area (Å²) in [5.74, 6) is -19.7. The minimum absolute atomic E-state index is 0.170. The third-order valence-corrected chi connectivity index (χ3v) is 3.34. The van der Waals surface area contributed by atoms with Crippen molar-refractivity contribution in [2.45, 2.75) is 49.8 Å². The normalized spacial score (nSPS) is 15.5. The van der Waals surface area contributed by atoms with Gasteiger partial charge in [-0.2, -0.15) is 39.5 Å². The van der Waals surface area contributed by atoms with Gasteiger partial charge in [-0.25, -0.2) is 5.11 Å². The third kappa shape index (κ3) is 3.20. The van der Waals surface area contributed by atoms with Crippen LogP contribution in [0.1, 0.15) is 37.0 Å². The lowest BCUT2D eigenvalue weighted by molar-refractivity contribution is -0.399. The largest absolute Gasteiger partial charge is 0.460 e. The molecule has 0 N–H and O–H groups in total. The van der Waals surface area contributed by atoms with Crippen LogP contribution in [0, 0.1) is 0 Å². The van der Waals surface area contributed by atoms with Crippen molar-refractivity contribution in [2.75, 3.05) is 0 Å². The summed E-state index contributed by atoms with van der Waals surface area (Å²) in [5.41, 5.74) is -2.78. The van der Waals surface area contributed by atoms with Crippen LogP contribution in [-0.4, -0.2) is 18.0 Å². The highest BCUT2D eigenvalue weighted by atomic mass is 19.4. The molecule has 0 saturated heterocycles. The average molecular weight is 367 g/mol. The first-order valence-electron chi connectivity index (χ1n) is 6.67. The molecule has 0 aromatic heterocycles. The molecule has 0 aliphatic heterocycles. The van der Waals surface area contributed by atoms with E-state index in [4.69, 9.17) is 0 Å². The molecule has 1 aromatic rings. The smallest absolute Gasteiger partial charge is 0.228 e. The van der Waals surface area contributed by atoms with Crippen molar-refractivity contribution in [3.8, 4) is 0 Å². The summed E-state index contributed by atoms with van der Waals surface area (Å²) in [6.07, 6.45) is -8.97. The van der Waals surface area contributed by atoms with Crippen LogP contribution in [0.2, 0.25) is 0 Å². The Labute approximate surface area is 131 Å². The second-order valence-corrected chi connectivity index (χ2v) is 5.09. The first kappa shape index (κ1) is 20.6. The number of alkyl halides is 9. The van der Waals surface area contributed by atoms with Crippen LogP contribution in [0.3, 0.4) is 0 Å². The van der Waals surface area contributed by atoms with Gasteiger partial charge in [0.15, 0.2) is 0 Å². The fourth-order valence-corrected chi connectivity index (χ4v) is 2.03. The van der Waals surface area contributed by atoms with Crippen molar-refractivity contribution >= 4 is 0 Å². The van der Waals surface area contributed by atoms with Crippen LogP contribution in [0.25, 0.3) is 0 Å². The van der Waals surface area contributed by atoms with Crippen molar-refractivity contribution in [1.82, 2.24) is 0 Å². The maximum atomic E-state index is 14.0. The van der Waals surface area contributed by atoms with E-state index in [1.165, 1.54) is 6.92 Å². The quantitative estimate of drug-likeness (QED) is 0.560. The van der Waals surface area contributed by atoms with E-state index < -0.39 is 41.2 Å². The lowest BCUT2D eigenvalue weighted by Crippen LogP contribution is -2.59. The Morgan fingerprint density at radius 3 is 1.83 bits per heavy atom. The molecule has 1 unspecified atom stereocenters. The third-order valence-electron chi connectivity index (χ3n) is 3.34. The molecule has 1 aromatic carbocycles. The van der Waals surface area contributed by atoms with E-state index in [0.29, 0.717) is 6.07 Å². The highest BCUT2D eigenvalue weighted by Gasteiger charge is 2.82. The fourth-order valence-electron chi connectivity index (χ4n) is 2.03. The minimum atomic E-state index is -6.99. The zero-order chi connectivity index (χ0) is 19.0. The van der Waals surface area contributed by atoms with Crippen molar-refractivity contribution in [3.63, 3.8) is 0 Å². The van der Waals surface area contributed by atoms with E-state index in [-0.39, 0.29) is 18.9 Å². The Morgan fingerprint density at radius 2 is 1.38 bits per heavy atom. The second kappa shape index (κ2) is 6.45. The van der Waals surface area contributed by atoms with E-state index in [9.17, 15) is 44.6 Å². The Bertz CT molecular complexity index is 566. The van der Waals surface area contributed by atoms with Gasteiger partial charge in [-0.15, -0.1) is 0 Å². The number of halogens is 9. The molecular formula is C14H12F9O. The van der Waals surface area contributed by atoms with Crippen molar-refractivity contribution in [1.29, 1.82) is 0 Å². The second-order valence-electron chi connectivity index (χ2n) is 5.09. The van der Waals surface area contributed by atoms with E-state index >= 15 is 0 Å². The van der Waals surface area contributed by atoms with E-state index in [1.807, 2.05) is 0 Å². The molecule has 0 spiro atoms. The molecule has 0 heterocycles. The van der Waals surface area contributed by atoms with Gasteiger partial charge in [0, 0.05) is 5.56 Å². The predicted molar refractivity (Wildman–Crippen MR) is 64.6 cm³/mol. The van der Waals surface area contributed by atoms with Crippen molar-refractivity contribution in [3.05, 3.63) is 35.4 Å². The van der Waals surface area contributed by atoms with Crippen LogP contribution in [0.5, 0.6) is 0 Å². The Kier molecular flexibility index (Phi) is 5.54. The summed E-state index contributed by atoms with van der Waals surface area (Å²) in [7, 11) is 0.